The molecule has 1 N–H and O–H groups in total. The molecular formula is C14H18F3NO2. The van der Waals surface area contributed by atoms with Gasteiger partial charge in [-0.3, -0.25) is 4.79 Å². The van der Waals surface area contributed by atoms with Crippen LogP contribution in [-0.2, 0) is 11.2 Å². The first-order valence-corrected chi connectivity index (χ1v) is 6.40. The van der Waals surface area contributed by atoms with Gasteiger partial charge in [0.25, 0.3) is 0 Å². The third kappa shape index (κ3) is 6.56. The summed E-state index contributed by atoms with van der Waals surface area (Å²) in [5.41, 5.74) is 0.662. The van der Waals surface area contributed by atoms with E-state index in [1.165, 1.54) is 24.3 Å². The maximum Gasteiger partial charge on any atom is 0.573 e. The average molecular weight is 289 g/mol. The smallest absolute Gasteiger partial charge is 0.406 e. The van der Waals surface area contributed by atoms with Gasteiger partial charge in [-0.2, -0.15) is 0 Å². The van der Waals surface area contributed by atoms with Gasteiger partial charge in [-0.1, -0.05) is 19.1 Å². The maximum absolute atomic E-state index is 12.0. The van der Waals surface area contributed by atoms with E-state index in [4.69, 9.17) is 0 Å². The van der Waals surface area contributed by atoms with E-state index in [2.05, 4.69) is 10.1 Å². The van der Waals surface area contributed by atoms with Crippen molar-refractivity contribution < 1.29 is 22.7 Å². The maximum atomic E-state index is 12.0. The number of Topliss-reactive ketones (excluding diaryl/α,β-unsaturated/α-hetero) is 1. The highest BCUT2D eigenvalue weighted by molar-refractivity contribution is 5.82. The number of nitrogens with one attached hydrogen (secondary N) is 1. The molecule has 0 aliphatic heterocycles. The van der Waals surface area contributed by atoms with Gasteiger partial charge >= 0.3 is 6.36 Å². The second-order valence-corrected chi connectivity index (χ2v) is 4.60. The number of ketones is 1. The highest BCUT2D eigenvalue weighted by Crippen LogP contribution is 2.22. The first-order chi connectivity index (χ1) is 9.30. The molecule has 0 fully saturated rings. The van der Waals surface area contributed by atoms with Crippen LogP contribution < -0.4 is 10.1 Å². The minimum atomic E-state index is -4.70. The van der Waals surface area contributed by atoms with Crippen molar-refractivity contribution in [2.24, 2.45) is 0 Å². The summed E-state index contributed by atoms with van der Waals surface area (Å²) in [7, 11) is 0. The van der Waals surface area contributed by atoms with E-state index in [9.17, 15) is 18.0 Å². The van der Waals surface area contributed by atoms with Crippen molar-refractivity contribution >= 4 is 5.78 Å². The first-order valence-electron chi connectivity index (χ1n) is 6.40. The molecule has 0 radical (unpaired) electrons. The Bertz CT molecular complexity index is 429. The summed E-state index contributed by atoms with van der Waals surface area (Å²) in [6, 6.07) is 5.60. The standard InChI is InChI=1S/C14H18F3NO2/c1-3-10(2)18-9-12(19)8-11-4-6-13(7-5-11)20-14(15,16)17/h4-7,10,18H,3,8-9H2,1-2H3. The number of hydrogen-bond acceptors (Lipinski definition) is 3. The lowest BCUT2D eigenvalue weighted by Crippen LogP contribution is -2.31. The number of halogens is 3. The summed E-state index contributed by atoms with van der Waals surface area (Å²) in [4.78, 5) is 11.7. The minimum absolute atomic E-state index is 0.00482. The molecule has 1 aromatic carbocycles. The van der Waals surface area contributed by atoms with Crippen LogP contribution in [-0.4, -0.2) is 24.7 Å². The summed E-state index contributed by atoms with van der Waals surface area (Å²) >= 11 is 0. The number of benzene rings is 1. The van der Waals surface area contributed by atoms with E-state index >= 15 is 0 Å². The summed E-state index contributed by atoms with van der Waals surface area (Å²) in [5, 5.41) is 3.07. The third-order valence-electron chi connectivity index (χ3n) is 2.82. The molecule has 3 nitrogen and oxygen atoms in total. The normalized spacial score (nSPS) is 13.1. The lowest BCUT2D eigenvalue weighted by atomic mass is 10.1. The van der Waals surface area contributed by atoms with Crippen LogP contribution in [0.1, 0.15) is 25.8 Å². The molecule has 0 aromatic heterocycles. The van der Waals surface area contributed by atoms with Gasteiger partial charge < -0.3 is 10.1 Å². The topological polar surface area (TPSA) is 38.3 Å². The van der Waals surface area contributed by atoms with Crippen molar-refractivity contribution in [3.8, 4) is 5.75 Å². The molecule has 0 saturated heterocycles. The Morgan fingerprint density at radius 3 is 2.40 bits per heavy atom. The number of rotatable bonds is 7. The van der Waals surface area contributed by atoms with Crippen LogP contribution in [0.2, 0.25) is 0 Å². The molecule has 0 amide bonds. The molecule has 0 spiro atoms. The van der Waals surface area contributed by atoms with Gasteiger partial charge in [-0.05, 0) is 31.0 Å². The molecule has 0 aliphatic rings. The van der Waals surface area contributed by atoms with Gasteiger partial charge in [0.1, 0.15) is 5.75 Å². The van der Waals surface area contributed by atoms with E-state index in [-0.39, 0.29) is 30.5 Å². The number of carbonyl (C=O) groups excluding carboxylic acids is 1. The van der Waals surface area contributed by atoms with Gasteiger partial charge in [-0.15, -0.1) is 13.2 Å². The molecule has 1 atom stereocenters. The van der Waals surface area contributed by atoms with Crippen LogP contribution in [0.25, 0.3) is 0 Å². The zero-order chi connectivity index (χ0) is 15.2. The molecular weight excluding hydrogens is 271 g/mol. The summed E-state index contributed by atoms with van der Waals surface area (Å²) in [5.74, 6) is -0.291. The molecule has 6 heteroatoms. The fraction of sp³-hybridized carbons (Fsp3) is 0.500. The largest absolute Gasteiger partial charge is 0.573 e. The Morgan fingerprint density at radius 1 is 1.30 bits per heavy atom. The molecule has 1 aromatic rings. The van der Waals surface area contributed by atoms with Crippen molar-refractivity contribution in [3.05, 3.63) is 29.8 Å². The quantitative estimate of drug-likeness (QED) is 0.838. The van der Waals surface area contributed by atoms with Crippen LogP contribution in [0.3, 0.4) is 0 Å². The second kappa shape index (κ2) is 7.28. The van der Waals surface area contributed by atoms with E-state index in [1.54, 1.807) is 0 Å². The van der Waals surface area contributed by atoms with Gasteiger partial charge in [0, 0.05) is 12.5 Å². The van der Waals surface area contributed by atoms with Crippen LogP contribution >= 0.6 is 0 Å². The van der Waals surface area contributed by atoms with Gasteiger partial charge in [0.2, 0.25) is 0 Å². The van der Waals surface area contributed by atoms with E-state index < -0.39 is 6.36 Å². The van der Waals surface area contributed by atoms with Crippen LogP contribution in [0.4, 0.5) is 13.2 Å². The fourth-order valence-corrected chi connectivity index (χ4v) is 1.53. The summed E-state index contributed by atoms with van der Waals surface area (Å²) < 4.78 is 39.7. The zero-order valence-corrected chi connectivity index (χ0v) is 11.5. The van der Waals surface area contributed by atoms with Gasteiger partial charge in [0.05, 0.1) is 6.54 Å². The third-order valence-corrected chi connectivity index (χ3v) is 2.82. The Kier molecular flexibility index (Phi) is 6.01. The van der Waals surface area contributed by atoms with E-state index in [0.29, 0.717) is 5.56 Å². The van der Waals surface area contributed by atoms with E-state index in [1.807, 2.05) is 13.8 Å². The Hall–Kier alpha value is -1.56. The second-order valence-electron chi connectivity index (χ2n) is 4.60. The number of hydrogen-bond donors (Lipinski definition) is 1. The SMILES string of the molecule is CCC(C)NCC(=O)Cc1ccc(OC(F)(F)F)cc1. The predicted molar refractivity (Wildman–Crippen MR) is 69.6 cm³/mol. The van der Waals surface area contributed by atoms with Gasteiger partial charge in [-0.25, -0.2) is 0 Å². The van der Waals surface area contributed by atoms with Gasteiger partial charge in [0.15, 0.2) is 5.78 Å². The monoisotopic (exact) mass is 289 g/mol. The van der Waals surface area contributed by atoms with Crippen molar-refractivity contribution in [2.45, 2.75) is 39.1 Å². The predicted octanol–water partition coefficient (Wildman–Crippen LogP) is 3.08. The Labute approximate surface area is 116 Å². The lowest BCUT2D eigenvalue weighted by molar-refractivity contribution is -0.274. The Balaban J connectivity index is 2.47. The van der Waals surface area contributed by atoms with Crippen molar-refractivity contribution in [1.29, 1.82) is 0 Å². The van der Waals surface area contributed by atoms with Crippen molar-refractivity contribution in [3.63, 3.8) is 0 Å². The zero-order valence-electron chi connectivity index (χ0n) is 11.5. The molecule has 1 unspecified atom stereocenters. The highest BCUT2D eigenvalue weighted by Gasteiger charge is 2.30. The first kappa shape index (κ1) is 16.5. The van der Waals surface area contributed by atoms with Crippen LogP contribution in [0.5, 0.6) is 5.75 Å². The molecule has 112 valence electrons. The lowest BCUT2D eigenvalue weighted by Gasteiger charge is -2.11. The minimum Gasteiger partial charge on any atom is -0.406 e. The van der Waals surface area contributed by atoms with Crippen LogP contribution in [0.15, 0.2) is 24.3 Å². The van der Waals surface area contributed by atoms with E-state index in [0.717, 1.165) is 6.42 Å². The average Bonchev–Trinajstić information content (AvgIpc) is 2.36. The number of alkyl halides is 3. The summed E-state index contributed by atoms with van der Waals surface area (Å²) in [6.07, 6.45) is -3.58. The Morgan fingerprint density at radius 2 is 1.90 bits per heavy atom. The number of carbonyl (C=O) groups is 1. The molecule has 0 heterocycles. The molecule has 0 bridgehead atoms. The highest BCUT2D eigenvalue weighted by atomic mass is 19.4. The number of ether oxygens (including phenoxy) is 1. The summed E-state index contributed by atoms with van der Waals surface area (Å²) in [6.45, 7) is 4.26. The molecule has 0 aliphatic carbocycles. The fourth-order valence-electron chi connectivity index (χ4n) is 1.53. The molecule has 20 heavy (non-hydrogen) atoms. The van der Waals surface area contributed by atoms with Crippen molar-refractivity contribution in [2.75, 3.05) is 6.54 Å². The molecule has 1 rings (SSSR count). The molecule has 0 saturated carbocycles. The van der Waals surface area contributed by atoms with Crippen LogP contribution in [0, 0.1) is 0 Å². The van der Waals surface area contributed by atoms with Crippen molar-refractivity contribution in [1.82, 2.24) is 5.32 Å².